The van der Waals surface area contributed by atoms with Gasteiger partial charge in [-0.25, -0.2) is 13.8 Å². The maximum Gasteiger partial charge on any atom is 0.260 e. The number of carbonyl (C=O) groups excluding carboxylic acids is 1. The third-order valence-electron chi connectivity index (χ3n) is 3.29. The van der Waals surface area contributed by atoms with Gasteiger partial charge in [-0.3, -0.25) is 10.1 Å². The lowest BCUT2D eigenvalue weighted by molar-refractivity contribution is 0.102. The molecule has 0 aliphatic carbocycles. The molecule has 0 saturated heterocycles. The summed E-state index contributed by atoms with van der Waals surface area (Å²) in [6.45, 7) is 0. The number of rotatable bonds is 4. The van der Waals surface area contributed by atoms with Gasteiger partial charge in [-0.15, -0.1) is 11.3 Å². The summed E-state index contributed by atoms with van der Waals surface area (Å²) in [6.07, 6.45) is 0. The number of benzene rings is 2. The molecule has 3 aromatic rings. The van der Waals surface area contributed by atoms with Crippen LogP contribution in [0.1, 0.15) is 10.4 Å². The molecule has 1 N–H and O–H groups in total. The van der Waals surface area contributed by atoms with Crippen LogP contribution in [-0.4, -0.2) is 18.0 Å². The van der Waals surface area contributed by atoms with E-state index in [2.05, 4.69) is 10.3 Å². The Balaban J connectivity index is 1.80. The van der Waals surface area contributed by atoms with E-state index in [1.807, 2.05) is 0 Å². The van der Waals surface area contributed by atoms with E-state index in [0.717, 1.165) is 0 Å². The number of carbonyl (C=O) groups is 1. The van der Waals surface area contributed by atoms with Crippen molar-refractivity contribution in [2.75, 3.05) is 12.4 Å². The van der Waals surface area contributed by atoms with Gasteiger partial charge in [0.15, 0.2) is 16.7 Å². The molecule has 1 amide bonds. The van der Waals surface area contributed by atoms with Crippen LogP contribution in [0.5, 0.6) is 5.75 Å². The van der Waals surface area contributed by atoms with E-state index in [1.54, 1.807) is 17.5 Å². The smallest absolute Gasteiger partial charge is 0.260 e. The average molecular weight is 346 g/mol. The van der Waals surface area contributed by atoms with Crippen molar-refractivity contribution >= 4 is 22.4 Å². The Morgan fingerprint density at radius 2 is 1.96 bits per heavy atom. The molecule has 2 aromatic carbocycles. The molecule has 0 saturated carbocycles. The molecular formula is C17H12F2N2O2S. The molecular weight excluding hydrogens is 334 g/mol. The largest absolute Gasteiger partial charge is 0.494 e. The molecule has 0 spiro atoms. The highest BCUT2D eigenvalue weighted by Gasteiger charge is 2.14. The predicted molar refractivity (Wildman–Crippen MR) is 88.4 cm³/mol. The van der Waals surface area contributed by atoms with Gasteiger partial charge < -0.3 is 4.74 Å². The summed E-state index contributed by atoms with van der Waals surface area (Å²) in [5.41, 5.74) is 0.992. The number of ether oxygens (including phenoxy) is 1. The second-order valence-electron chi connectivity index (χ2n) is 4.82. The number of nitrogens with one attached hydrogen (secondary N) is 1. The van der Waals surface area contributed by atoms with E-state index >= 15 is 0 Å². The summed E-state index contributed by atoms with van der Waals surface area (Å²) in [5, 5.41) is 4.52. The SMILES string of the molecule is COc1ccc(-c2csc(NC(=O)c3ccccc3F)n2)cc1F. The van der Waals surface area contributed by atoms with Crippen molar-refractivity contribution in [3.05, 3.63) is 65.0 Å². The Morgan fingerprint density at radius 3 is 2.67 bits per heavy atom. The van der Waals surface area contributed by atoms with Crippen LogP contribution in [0.2, 0.25) is 0 Å². The first-order valence-corrected chi connectivity index (χ1v) is 7.82. The van der Waals surface area contributed by atoms with E-state index in [0.29, 0.717) is 16.4 Å². The number of anilines is 1. The molecule has 24 heavy (non-hydrogen) atoms. The number of nitrogens with zero attached hydrogens (tertiary/aromatic N) is 1. The zero-order chi connectivity index (χ0) is 17.1. The van der Waals surface area contributed by atoms with Crippen LogP contribution in [0.4, 0.5) is 13.9 Å². The maximum absolute atomic E-state index is 13.8. The van der Waals surface area contributed by atoms with E-state index in [4.69, 9.17) is 4.74 Å². The molecule has 4 nitrogen and oxygen atoms in total. The monoisotopic (exact) mass is 346 g/mol. The van der Waals surface area contributed by atoms with Crippen LogP contribution in [0.15, 0.2) is 47.8 Å². The molecule has 1 heterocycles. The third-order valence-corrected chi connectivity index (χ3v) is 4.05. The fourth-order valence-corrected chi connectivity index (χ4v) is 2.81. The number of hydrogen-bond donors (Lipinski definition) is 1. The van der Waals surface area contributed by atoms with E-state index in [-0.39, 0.29) is 11.3 Å². The predicted octanol–water partition coefficient (Wildman–Crippen LogP) is 4.35. The van der Waals surface area contributed by atoms with Gasteiger partial charge in [-0.05, 0) is 30.3 Å². The summed E-state index contributed by atoms with van der Waals surface area (Å²) >= 11 is 1.17. The Bertz CT molecular complexity index is 896. The quantitative estimate of drug-likeness (QED) is 0.764. The number of thiazole rings is 1. The highest BCUT2D eigenvalue weighted by atomic mass is 32.1. The Labute approximate surface area is 140 Å². The van der Waals surface area contributed by atoms with Crippen LogP contribution in [0.3, 0.4) is 0 Å². The summed E-state index contributed by atoms with van der Waals surface area (Å²) in [7, 11) is 1.39. The summed E-state index contributed by atoms with van der Waals surface area (Å²) < 4.78 is 32.2. The molecule has 3 rings (SSSR count). The number of hydrogen-bond acceptors (Lipinski definition) is 4. The second-order valence-corrected chi connectivity index (χ2v) is 5.68. The molecule has 1 aromatic heterocycles. The van der Waals surface area contributed by atoms with Crippen LogP contribution in [-0.2, 0) is 0 Å². The standard InChI is InChI=1S/C17H12F2N2O2S/c1-23-15-7-6-10(8-13(15)19)14-9-24-17(20-14)21-16(22)11-4-2-3-5-12(11)18/h2-9H,1H3,(H,20,21,22). The fourth-order valence-electron chi connectivity index (χ4n) is 2.10. The summed E-state index contributed by atoms with van der Waals surface area (Å²) in [4.78, 5) is 16.3. The van der Waals surface area contributed by atoms with Crippen LogP contribution in [0, 0.1) is 11.6 Å². The molecule has 0 aliphatic heterocycles. The molecule has 0 fully saturated rings. The maximum atomic E-state index is 13.8. The van der Waals surface area contributed by atoms with Crippen molar-refractivity contribution in [2.45, 2.75) is 0 Å². The lowest BCUT2D eigenvalue weighted by Gasteiger charge is -2.04. The Hall–Kier alpha value is -2.80. The van der Waals surface area contributed by atoms with Gasteiger partial charge in [0.05, 0.1) is 18.4 Å². The van der Waals surface area contributed by atoms with Crippen LogP contribution < -0.4 is 10.1 Å². The molecule has 122 valence electrons. The molecule has 7 heteroatoms. The molecule has 0 atom stereocenters. The fraction of sp³-hybridized carbons (Fsp3) is 0.0588. The molecule has 0 unspecified atom stereocenters. The van der Waals surface area contributed by atoms with Gasteiger partial charge in [0, 0.05) is 10.9 Å². The van der Waals surface area contributed by atoms with Gasteiger partial charge >= 0.3 is 0 Å². The Morgan fingerprint density at radius 1 is 1.17 bits per heavy atom. The second kappa shape index (κ2) is 6.76. The van der Waals surface area contributed by atoms with Crippen molar-refractivity contribution in [3.8, 4) is 17.0 Å². The lowest BCUT2D eigenvalue weighted by Crippen LogP contribution is -2.13. The minimum Gasteiger partial charge on any atom is -0.494 e. The highest BCUT2D eigenvalue weighted by Crippen LogP contribution is 2.28. The van der Waals surface area contributed by atoms with Gasteiger partial charge in [0.2, 0.25) is 0 Å². The first kappa shape index (κ1) is 16.1. The van der Waals surface area contributed by atoms with Crippen molar-refractivity contribution in [3.63, 3.8) is 0 Å². The molecule has 0 radical (unpaired) electrons. The van der Waals surface area contributed by atoms with E-state index in [1.165, 1.54) is 48.8 Å². The van der Waals surface area contributed by atoms with Crippen LogP contribution in [0.25, 0.3) is 11.3 Å². The van der Waals surface area contributed by atoms with Gasteiger partial charge in [0.25, 0.3) is 5.91 Å². The van der Waals surface area contributed by atoms with Crippen molar-refractivity contribution in [2.24, 2.45) is 0 Å². The highest BCUT2D eigenvalue weighted by molar-refractivity contribution is 7.14. The van der Waals surface area contributed by atoms with Crippen molar-refractivity contribution < 1.29 is 18.3 Å². The first-order valence-electron chi connectivity index (χ1n) is 6.94. The third kappa shape index (κ3) is 3.26. The zero-order valence-corrected chi connectivity index (χ0v) is 13.4. The normalized spacial score (nSPS) is 10.5. The van der Waals surface area contributed by atoms with Crippen molar-refractivity contribution in [1.29, 1.82) is 0 Å². The number of aromatic nitrogens is 1. The Kier molecular flexibility index (Phi) is 4.52. The average Bonchev–Trinajstić information content (AvgIpc) is 3.03. The minimum absolute atomic E-state index is 0.0651. The first-order chi connectivity index (χ1) is 11.6. The number of amides is 1. The topological polar surface area (TPSA) is 51.2 Å². The lowest BCUT2D eigenvalue weighted by atomic mass is 10.1. The minimum atomic E-state index is -0.607. The summed E-state index contributed by atoms with van der Waals surface area (Å²) in [6, 6.07) is 10.1. The molecule has 0 aliphatic rings. The number of methoxy groups -OCH3 is 1. The van der Waals surface area contributed by atoms with E-state index in [9.17, 15) is 13.6 Å². The van der Waals surface area contributed by atoms with E-state index < -0.39 is 17.5 Å². The van der Waals surface area contributed by atoms with Gasteiger partial charge in [-0.2, -0.15) is 0 Å². The zero-order valence-electron chi connectivity index (χ0n) is 12.5. The van der Waals surface area contributed by atoms with Crippen molar-refractivity contribution in [1.82, 2.24) is 4.98 Å². The summed E-state index contributed by atoms with van der Waals surface area (Å²) in [5.74, 6) is -1.55. The van der Waals surface area contributed by atoms with Gasteiger partial charge in [0.1, 0.15) is 5.82 Å². The number of halogens is 2. The molecule has 0 bridgehead atoms. The van der Waals surface area contributed by atoms with Gasteiger partial charge in [-0.1, -0.05) is 12.1 Å². The van der Waals surface area contributed by atoms with Crippen LogP contribution >= 0.6 is 11.3 Å².